The Labute approximate surface area is 140 Å². The Morgan fingerprint density at radius 2 is 1.48 bits per heavy atom. The molecule has 0 aromatic heterocycles. The van der Waals surface area contributed by atoms with E-state index in [2.05, 4.69) is 9.80 Å². The number of rotatable bonds is 4. The van der Waals surface area contributed by atoms with Gasteiger partial charge in [0, 0.05) is 45.7 Å². The van der Waals surface area contributed by atoms with Crippen molar-refractivity contribution in [3.05, 3.63) is 0 Å². The summed E-state index contributed by atoms with van der Waals surface area (Å²) < 4.78 is 0. The second-order valence-corrected chi connectivity index (χ2v) is 7.29. The van der Waals surface area contributed by atoms with Crippen molar-refractivity contribution in [2.75, 3.05) is 39.3 Å². The lowest BCUT2D eigenvalue weighted by Crippen LogP contribution is -2.58. The van der Waals surface area contributed by atoms with Crippen molar-refractivity contribution in [2.45, 2.75) is 57.9 Å². The molecule has 0 aromatic rings. The number of hydrogen-bond donors (Lipinski definition) is 0. The maximum absolute atomic E-state index is 13.1. The number of likely N-dealkylation sites (tertiary alicyclic amines) is 1. The first-order valence-corrected chi connectivity index (χ1v) is 9.51. The van der Waals surface area contributed by atoms with Gasteiger partial charge in [-0.25, -0.2) is 0 Å². The molecule has 1 unspecified atom stereocenters. The first kappa shape index (κ1) is 16.7. The third-order valence-corrected chi connectivity index (χ3v) is 5.88. The lowest BCUT2D eigenvalue weighted by atomic mass is 9.94. The highest BCUT2D eigenvalue weighted by atomic mass is 16.2. The van der Waals surface area contributed by atoms with Gasteiger partial charge in [-0.2, -0.15) is 0 Å². The Bertz CT molecular complexity index is 420. The van der Waals surface area contributed by atoms with Gasteiger partial charge < -0.3 is 9.80 Å². The zero-order valence-corrected chi connectivity index (χ0v) is 14.5. The quantitative estimate of drug-likeness (QED) is 0.792. The van der Waals surface area contributed by atoms with Gasteiger partial charge in [0.05, 0.1) is 6.04 Å². The third-order valence-electron chi connectivity index (χ3n) is 5.88. The number of nitrogens with zero attached hydrogens (tertiary/aromatic N) is 3. The van der Waals surface area contributed by atoms with Gasteiger partial charge in [-0.1, -0.05) is 19.8 Å². The second kappa shape index (κ2) is 7.65. The molecule has 2 saturated heterocycles. The molecule has 0 radical (unpaired) electrons. The van der Waals surface area contributed by atoms with E-state index < -0.39 is 0 Å². The molecule has 3 fully saturated rings. The monoisotopic (exact) mass is 321 g/mol. The SMILES string of the molecule is CCC(=O)N1CCN(C(C(=O)N2CCCC2)C2CCCC2)CC1. The summed E-state index contributed by atoms with van der Waals surface area (Å²) in [5, 5.41) is 0. The van der Waals surface area contributed by atoms with Crippen LogP contribution < -0.4 is 0 Å². The van der Waals surface area contributed by atoms with E-state index in [1.54, 1.807) is 0 Å². The Morgan fingerprint density at radius 3 is 2.04 bits per heavy atom. The Balaban J connectivity index is 1.66. The molecule has 1 atom stereocenters. The fraction of sp³-hybridized carbons (Fsp3) is 0.889. The minimum absolute atomic E-state index is 0.0643. The van der Waals surface area contributed by atoms with E-state index in [1.807, 2.05) is 11.8 Å². The zero-order valence-electron chi connectivity index (χ0n) is 14.5. The van der Waals surface area contributed by atoms with Crippen LogP contribution in [0.4, 0.5) is 0 Å². The van der Waals surface area contributed by atoms with Crippen LogP contribution >= 0.6 is 0 Å². The van der Waals surface area contributed by atoms with Crippen molar-refractivity contribution in [1.29, 1.82) is 0 Å². The topological polar surface area (TPSA) is 43.9 Å². The molecular weight excluding hydrogens is 290 g/mol. The minimum Gasteiger partial charge on any atom is -0.341 e. The summed E-state index contributed by atoms with van der Waals surface area (Å²) in [5.41, 5.74) is 0. The van der Waals surface area contributed by atoms with Crippen LogP contribution in [0.25, 0.3) is 0 Å². The highest BCUT2D eigenvalue weighted by molar-refractivity contribution is 5.82. The van der Waals surface area contributed by atoms with E-state index in [1.165, 1.54) is 25.7 Å². The first-order chi connectivity index (χ1) is 11.2. The average Bonchev–Trinajstić information content (AvgIpc) is 3.28. The molecule has 0 N–H and O–H groups in total. The molecule has 130 valence electrons. The fourth-order valence-electron chi connectivity index (χ4n) is 4.53. The Morgan fingerprint density at radius 1 is 0.870 bits per heavy atom. The van der Waals surface area contributed by atoms with Crippen LogP contribution in [0.3, 0.4) is 0 Å². The van der Waals surface area contributed by atoms with Gasteiger partial charge >= 0.3 is 0 Å². The molecule has 0 bridgehead atoms. The van der Waals surface area contributed by atoms with Gasteiger partial charge in [-0.3, -0.25) is 14.5 Å². The zero-order chi connectivity index (χ0) is 16.2. The summed E-state index contributed by atoms with van der Waals surface area (Å²) in [6, 6.07) is 0.0643. The molecule has 2 aliphatic heterocycles. The van der Waals surface area contributed by atoms with Crippen LogP contribution in [0.15, 0.2) is 0 Å². The summed E-state index contributed by atoms with van der Waals surface area (Å²) in [6.07, 6.45) is 7.81. The molecule has 2 amide bonds. The number of amides is 2. The lowest BCUT2D eigenvalue weighted by Gasteiger charge is -2.42. The van der Waals surface area contributed by atoms with Crippen molar-refractivity contribution in [3.63, 3.8) is 0 Å². The molecule has 3 rings (SSSR count). The van der Waals surface area contributed by atoms with Gasteiger partial charge in [0.25, 0.3) is 0 Å². The summed E-state index contributed by atoms with van der Waals surface area (Å²) in [4.78, 5) is 31.4. The van der Waals surface area contributed by atoms with Gasteiger partial charge in [0.15, 0.2) is 0 Å². The number of carbonyl (C=O) groups is 2. The second-order valence-electron chi connectivity index (χ2n) is 7.29. The van der Waals surface area contributed by atoms with Crippen LogP contribution in [-0.4, -0.2) is 71.8 Å². The maximum atomic E-state index is 13.1. The summed E-state index contributed by atoms with van der Waals surface area (Å²) in [6.45, 7) is 7.07. The summed E-state index contributed by atoms with van der Waals surface area (Å²) in [7, 11) is 0. The van der Waals surface area contributed by atoms with Crippen molar-refractivity contribution in [1.82, 2.24) is 14.7 Å². The minimum atomic E-state index is 0.0643. The molecule has 5 heteroatoms. The van der Waals surface area contributed by atoms with Crippen molar-refractivity contribution in [3.8, 4) is 0 Å². The maximum Gasteiger partial charge on any atom is 0.240 e. The van der Waals surface area contributed by atoms with Crippen LogP contribution in [0.5, 0.6) is 0 Å². The van der Waals surface area contributed by atoms with Crippen LogP contribution in [0.1, 0.15) is 51.9 Å². The molecular formula is C18H31N3O2. The van der Waals surface area contributed by atoms with Gasteiger partial charge in [-0.05, 0) is 31.6 Å². The summed E-state index contributed by atoms with van der Waals surface area (Å²) in [5.74, 6) is 1.13. The highest BCUT2D eigenvalue weighted by Crippen LogP contribution is 2.32. The largest absolute Gasteiger partial charge is 0.341 e. The van der Waals surface area contributed by atoms with Crippen LogP contribution in [0.2, 0.25) is 0 Å². The van der Waals surface area contributed by atoms with E-state index in [0.29, 0.717) is 18.2 Å². The number of piperazine rings is 1. The van der Waals surface area contributed by atoms with Gasteiger partial charge in [0.1, 0.15) is 0 Å². The normalized spacial score (nSPS) is 25.1. The third kappa shape index (κ3) is 3.70. The molecule has 3 aliphatic rings. The van der Waals surface area contributed by atoms with E-state index in [9.17, 15) is 9.59 Å². The van der Waals surface area contributed by atoms with E-state index in [-0.39, 0.29) is 11.9 Å². The molecule has 5 nitrogen and oxygen atoms in total. The molecule has 0 aromatic carbocycles. The highest BCUT2D eigenvalue weighted by Gasteiger charge is 2.39. The molecule has 0 spiro atoms. The summed E-state index contributed by atoms with van der Waals surface area (Å²) >= 11 is 0. The van der Waals surface area contributed by atoms with E-state index in [0.717, 1.165) is 52.1 Å². The predicted octanol–water partition coefficient (Wildman–Crippen LogP) is 1.72. The van der Waals surface area contributed by atoms with Crippen molar-refractivity contribution in [2.24, 2.45) is 5.92 Å². The Kier molecular flexibility index (Phi) is 5.57. The van der Waals surface area contributed by atoms with Gasteiger partial charge in [-0.15, -0.1) is 0 Å². The lowest BCUT2D eigenvalue weighted by molar-refractivity contribution is -0.140. The smallest absolute Gasteiger partial charge is 0.240 e. The van der Waals surface area contributed by atoms with Crippen molar-refractivity contribution >= 4 is 11.8 Å². The number of hydrogen-bond acceptors (Lipinski definition) is 3. The first-order valence-electron chi connectivity index (χ1n) is 9.51. The molecule has 2 heterocycles. The fourth-order valence-corrected chi connectivity index (χ4v) is 4.53. The molecule has 1 aliphatic carbocycles. The average molecular weight is 321 g/mol. The van der Waals surface area contributed by atoms with Gasteiger partial charge in [0.2, 0.25) is 11.8 Å². The molecule has 1 saturated carbocycles. The van der Waals surface area contributed by atoms with E-state index in [4.69, 9.17) is 0 Å². The number of carbonyl (C=O) groups excluding carboxylic acids is 2. The van der Waals surface area contributed by atoms with Crippen LogP contribution in [-0.2, 0) is 9.59 Å². The standard InChI is InChI=1S/C18H31N3O2/c1-2-16(22)19-11-13-20(14-12-19)17(15-7-3-4-8-15)18(23)21-9-5-6-10-21/h15,17H,2-14H2,1H3. The van der Waals surface area contributed by atoms with E-state index >= 15 is 0 Å². The van der Waals surface area contributed by atoms with Crippen molar-refractivity contribution < 1.29 is 9.59 Å². The van der Waals surface area contributed by atoms with Crippen LogP contribution in [0, 0.1) is 5.92 Å². The Hall–Kier alpha value is -1.10. The predicted molar refractivity (Wildman–Crippen MR) is 90.0 cm³/mol. The molecule has 23 heavy (non-hydrogen) atoms.